The topological polar surface area (TPSA) is 52.7 Å². The Balaban J connectivity index is 1.83. The van der Waals surface area contributed by atoms with Crippen LogP contribution in [0.15, 0.2) is 18.3 Å². The van der Waals surface area contributed by atoms with E-state index in [0.717, 1.165) is 17.9 Å². The van der Waals surface area contributed by atoms with Gasteiger partial charge in [-0.3, -0.25) is 4.79 Å². The predicted molar refractivity (Wildman–Crippen MR) is 78.5 cm³/mol. The van der Waals surface area contributed by atoms with Gasteiger partial charge in [0.15, 0.2) is 12.1 Å². The molecule has 0 radical (unpaired) electrons. The Labute approximate surface area is 124 Å². The van der Waals surface area contributed by atoms with Gasteiger partial charge in [0.2, 0.25) is 0 Å². The lowest BCUT2D eigenvalue weighted by Gasteiger charge is -2.28. The van der Waals surface area contributed by atoms with Crippen molar-refractivity contribution in [2.75, 3.05) is 0 Å². The van der Waals surface area contributed by atoms with Gasteiger partial charge in [0.1, 0.15) is 5.82 Å². The van der Waals surface area contributed by atoms with E-state index in [2.05, 4.69) is 28.6 Å². The van der Waals surface area contributed by atoms with Crippen molar-refractivity contribution in [2.45, 2.75) is 57.0 Å². The first kappa shape index (κ1) is 12.8. The van der Waals surface area contributed by atoms with E-state index >= 15 is 0 Å². The van der Waals surface area contributed by atoms with Gasteiger partial charge in [-0.1, -0.05) is 0 Å². The third-order valence-corrected chi connectivity index (χ3v) is 4.63. The van der Waals surface area contributed by atoms with Crippen LogP contribution in [0.5, 0.6) is 0 Å². The SMILES string of the molecule is CC(C)(c1nnc(C2CC2)n1C1CC1)n1cccc1C=O. The normalized spacial score (nSPS) is 19.0. The zero-order chi connectivity index (χ0) is 14.6. The van der Waals surface area contributed by atoms with Crippen LogP contribution in [0.4, 0.5) is 0 Å². The molecule has 0 aromatic carbocycles. The fraction of sp³-hybridized carbons (Fsp3) is 0.562. The molecule has 5 heteroatoms. The summed E-state index contributed by atoms with van der Waals surface area (Å²) >= 11 is 0. The van der Waals surface area contributed by atoms with Crippen LogP contribution in [0.1, 0.15) is 73.6 Å². The summed E-state index contributed by atoms with van der Waals surface area (Å²) in [5.41, 5.74) is 0.306. The minimum Gasteiger partial charge on any atom is -0.332 e. The van der Waals surface area contributed by atoms with Crippen molar-refractivity contribution in [3.63, 3.8) is 0 Å². The van der Waals surface area contributed by atoms with Gasteiger partial charge in [-0.15, -0.1) is 10.2 Å². The van der Waals surface area contributed by atoms with Gasteiger partial charge in [0.05, 0.1) is 11.2 Å². The highest BCUT2D eigenvalue weighted by Gasteiger charge is 2.40. The highest BCUT2D eigenvalue weighted by Crippen LogP contribution is 2.46. The molecule has 0 N–H and O–H groups in total. The molecule has 2 aliphatic carbocycles. The minimum absolute atomic E-state index is 0.373. The van der Waals surface area contributed by atoms with E-state index in [0.29, 0.717) is 17.7 Å². The molecule has 0 bridgehead atoms. The van der Waals surface area contributed by atoms with Crippen molar-refractivity contribution < 1.29 is 4.79 Å². The minimum atomic E-state index is -0.373. The van der Waals surface area contributed by atoms with Crippen LogP contribution < -0.4 is 0 Å². The molecule has 0 saturated heterocycles. The molecule has 110 valence electrons. The lowest BCUT2D eigenvalue weighted by Crippen LogP contribution is -2.32. The van der Waals surface area contributed by atoms with Crippen LogP contribution in [-0.2, 0) is 5.54 Å². The lowest BCUT2D eigenvalue weighted by atomic mass is 10.0. The summed E-state index contributed by atoms with van der Waals surface area (Å²) in [6, 6.07) is 4.31. The van der Waals surface area contributed by atoms with Crippen LogP contribution in [0.25, 0.3) is 0 Å². The summed E-state index contributed by atoms with van der Waals surface area (Å²) in [4.78, 5) is 11.3. The van der Waals surface area contributed by atoms with E-state index < -0.39 is 0 Å². The van der Waals surface area contributed by atoms with Crippen molar-refractivity contribution >= 4 is 6.29 Å². The Kier molecular flexibility index (Phi) is 2.62. The quantitative estimate of drug-likeness (QED) is 0.793. The summed E-state index contributed by atoms with van der Waals surface area (Å²) in [5, 5.41) is 9.00. The van der Waals surface area contributed by atoms with E-state index in [1.165, 1.54) is 25.7 Å². The van der Waals surface area contributed by atoms with Gasteiger partial charge in [0, 0.05) is 18.2 Å². The first-order valence-corrected chi connectivity index (χ1v) is 7.71. The average molecular weight is 284 g/mol. The first-order chi connectivity index (χ1) is 10.1. The smallest absolute Gasteiger partial charge is 0.166 e. The van der Waals surface area contributed by atoms with Gasteiger partial charge < -0.3 is 9.13 Å². The molecule has 2 aliphatic rings. The van der Waals surface area contributed by atoms with E-state index in [1.807, 2.05) is 22.9 Å². The number of nitrogens with zero attached hydrogens (tertiary/aromatic N) is 4. The van der Waals surface area contributed by atoms with Gasteiger partial charge in [0.25, 0.3) is 0 Å². The Morgan fingerprint density at radius 3 is 2.62 bits per heavy atom. The molecule has 0 aliphatic heterocycles. The van der Waals surface area contributed by atoms with Crippen molar-refractivity contribution in [3.05, 3.63) is 35.7 Å². The maximum absolute atomic E-state index is 11.3. The molecule has 0 spiro atoms. The van der Waals surface area contributed by atoms with Crippen LogP contribution >= 0.6 is 0 Å². The number of aldehydes is 1. The van der Waals surface area contributed by atoms with Crippen LogP contribution in [0, 0.1) is 0 Å². The summed E-state index contributed by atoms with van der Waals surface area (Å²) in [6.45, 7) is 4.22. The molecule has 5 nitrogen and oxygen atoms in total. The van der Waals surface area contributed by atoms with Crippen LogP contribution in [0.3, 0.4) is 0 Å². The third kappa shape index (κ3) is 1.94. The zero-order valence-electron chi connectivity index (χ0n) is 12.5. The van der Waals surface area contributed by atoms with Crippen molar-refractivity contribution in [1.82, 2.24) is 19.3 Å². The Bertz CT molecular complexity index is 689. The maximum Gasteiger partial charge on any atom is 0.166 e. The molecule has 21 heavy (non-hydrogen) atoms. The molecule has 2 heterocycles. The number of carbonyl (C=O) groups is 1. The Morgan fingerprint density at radius 2 is 2.00 bits per heavy atom. The summed E-state index contributed by atoms with van der Waals surface area (Å²) in [7, 11) is 0. The lowest BCUT2D eigenvalue weighted by molar-refractivity contribution is 0.111. The monoisotopic (exact) mass is 284 g/mol. The molecule has 2 aromatic heterocycles. The number of hydrogen-bond donors (Lipinski definition) is 0. The fourth-order valence-corrected chi connectivity index (χ4v) is 3.14. The highest BCUT2D eigenvalue weighted by molar-refractivity contribution is 5.72. The van der Waals surface area contributed by atoms with Crippen LogP contribution in [0.2, 0.25) is 0 Å². The van der Waals surface area contributed by atoms with Gasteiger partial charge in [-0.25, -0.2) is 0 Å². The van der Waals surface area contributed by atoms with Crippen molar-refractivity contribution in [1.29, 1.82) is 0 Å². The molecular weight excluding hydrogens is 264 g/mol. The standard InChI is InChI=1S/C16H20N4O/c1-16(2,19-9-3-4-13(19)10-21)15-18-17-14(11-5-6-11)20(15)12-7-8-12/h3-4,9-12H,5-8H2,1-2H3. The second-order valence-corrected chi connectivity index (χ2v) is 6.74. The maximum atomic E-state index is 11.3. The summed E-state index contributed by atoms with van der Waals surface area (Å²) < 4.78 is 4.35. The first-order valence-electron chi connectivity index (χ1n) is 7.71. The van der Waals surface area contributed by atoms with Crippen molar-refractivity contribution in [3.8, 4) is 0 Å². The summed E-state index contributed by atoms with van der Waals surface area (Å²) in [6.07, 6.45) is 7.75. The number of hydrogen-bond acceptors (Lipinski definition) is 3. The predicted octanol–water partition coefficient (Wildman–Crippen LogP) is 2.89. The van der Waals surface area contributed by atoms with E-state index in [9.17, 15) is 4.79 Å². The molecule has 2 aromatic rings. The molecule has 0 amide bonds. The molecule has 2 saturated carbocycles. The molecule has 0 unspecified atom stereocenters. The molecular formula is C16H20N4O. The number of carbonyl (C=O) groups excluding carboxylic acids is 1. The molecule has 4 rings (SSSR count). The van der Waals surface area contributed by atoms with Crippen LogP contribution in [-0.4, -0.2) is 25.6 Å². The zero-order valence-corrected chi connectivity index (χ0v) is 12.5. The summed E-state index contributed by atoms with van der Waals surface area (Å²) in [5.74, 6) is 2.73. The van der Waals surface area contributed by atoms with E-state index in [1.54, 1.807) is 0 Å². The molecule has 0 atom stereocenters. The average Bonchev–Trinajstić information content (AvgIpc) is 3.40. The molecule has 2 fully saturated rings. The third-order valence-electron chi connectivity index (χ3n) is 4.63. The number of rotatable bonds is 5. The largest absolute Gasteiger partial charge is 0.332 e. The number of aromatic nitrogens is 4. The van der Waals surface area contributed by atoms with E-state index in [-0.39, 0.29) is 5.54 Å². The van der Waals surface area contributed by atoms with Gasteiger partial charge in [-0.2, -0.15) is 0 Å². The highest BCUT2D eigenvalue weighted by atomic mass is 16.1. The van der Waals surface area contributed by atoms with Gasteiger partial charge >= 0.3 is 0 Å². The fourth-order valence-electron chi connectivity index (χ4n) is 3.14. The van der Waals surface area contributed by atoms with E-state index in [4.69, 9.17) is 0 Å². The Hall–Kier alpha value is -1.91. The Morgan fingerprint density at radius 1 is 1.24 bits per heavy atom. The second-order valence-electron chi connectivity index (χ2n) is 6.74. The van der Waals surface area contributed by atoms with Crippen molar-refractivity contribution in [2.24, 2.45) is 0 Å². The second kappa shape index (κ2) is 4.29. The van der Waals surface area contributed by atoms with Gasteiger partial charge in [-0.05, 0) is 51.7 Å².